The monoisotopic (exact) mass is 330 g/mol. The minimum absolute atomic E-state index is 0. The fraction of sp³-hybridized carbons (Fsp3) is 0.143. The van der Waals surface area contributed by atoms with Crippen molar-refractivity contribution in [2.75, 3.05) is 5.43 Å². The number of aryl methyl sites for hydroxylation is 2. The van der Waals surface area contributed by atoms with Gasteiger partial charge < -0.3 is 12.4 Å². The van der Waals surface area contributed by atoms with Gasteiger partial charge in [-0.05, 0) is 24.3 Å². The van der Waals surface area contributed by atoms with Crippen LogP contribution in [-0.2, 0) is 0 Å². The summed E-state index contributed by atoms with van der Waals surface area (Å²) in [5.74, 6) is -0.235. The molecule has 106 valence electrons. The van der Waals surface area contributed by atoms with Gasteiger partial charge in [0.15, 0.2) is 0 Å². The molecular weight excluding hydrogens is 319 g/mol. The lowest BCUT2D eigenvalue weighted by Gasteiger charge is -2.05. The van der Waals surface area contributed by atoms with Crippen molar-refractivity contribution in [2.45, 2.75) is 13.8 Å². The van der Waals surface area contributed by atoms with E-state index in [2.05, 4.69) is 5.43 Å². The van der Waals surface area contributed by atoms with Crippen LogP contribution in [0.5, 0.6) is 0 Å². The molecule has 0 aliphatic rings. The van der Waals surface area contributed by atoms with Gasteiger partial charge in [-0.25, -0.2) is 0 Å². The van der Waals surface area contributed by atoms with Crippen LogP contribution in [0.4, 0.5) is 0 Å². The zero-order valence-electron chi connectivity index (χ0n) is 11.0. The summed E-state index contributed by atoms with van der Waals surface area (Å²) in [6.07, 6.45) is 0. The Kier molecular flexibility index (Phi) is 5.81. The Morgan fingerprint density at radius 1 is 1.05 bits per heavy atom. The number of amides is 1. The summed E-state index contributed by atoms with van der Waals surface area (Å²) < 4.78 is 1.73. The van der Waals surface area contributed by atoms with Gasteiger partial charge in [-0.2, -0.15) is 0 Å². The van der Waals surface area contributed by atoms with Crippen molar-refractivity contribution in [1.29, 1.82) is 0 Å². The van der Waals surface area contributed by atoms with E-state index < -0.39 is 0 Å². The van der Waals surface area contributed by atoms with E-state index in [0.29, 0.717) is 15.6 Å². The first-order valence-corrected chi connectivity index (χ1v) is 6.49. The van der Waals surface area contributed by atoms with Crippen LogP contribution in [0.1, 0.15) is 21.7 Å². The van der Waals surface area contributed by atoms with Gasteiger partial charge in [0.2, 0.25) is 11.4 Å². The molecule has 0 unspecified atom stereocenters. The summed E-state index contributed by atoms with van der Waals surface area (Å²) in [6, 6.07) is 10.6. The number of benzene rings is 1. The van der Waals surface area contributed by atoms with E-state index in [-0.39, 0.29) is 18.3 Å². The van der Waals surface area contributed by atoms with Crippen LogP contribution in [0.2, 0.25) is 10.0 Å². The van der Waals surface area contributed by atoms with Crippen LogP contribution in [0.3, 0.4) is 0 Å². The maximum atomic E-state index is 12.1. The van der Waals surface area contributed by atoms with E-state index >= 15 is 0 Å². The van der Waals surface area contributed by atoms with Gasteiger partial charge in [0.1, 0.15) is 0 Å². The minimum Gasteiger partial charge on any atom is -1.00 e. The molecule has 1 amide bonds. The van der Waals surface area contributed by atoms with Crippen molar-refractivity contribution in [2.24, 2.45) is 0 Å². The maximum Gasteiger partial charge on any atom is 0.305 e. The zero-order valence-corrected chi connectivity index (χ0v) is 13.2. The molecule has 1 N–H and O–H groups in total. The number of hydrogen-bond donors (Lipinski definition) is 1. The minimum atomic E-state index is -0.235. The molecule has 0 fully saturated rings. The smallest absolute Gasteiger partial charge is 0.305 e. The molecule has 1 aromatic carbocycles. The largest absolute Gasteiger partial charge is 1.00 e. The van der Waals surface area contributed by atoms with Crippen LogP contribution >= 0.6 is 23.2 Å². The van der Waals surface area contributed by atoms with Gasteiger partial charge in [0.25, 0.3) is 0 Å². The van der Waals surface area contributed by atoms with Crippen molar-refractivity contribution < 1.29 is 21.9 Å². The van der Waals surface area contributed by atoms with Crippen molar-refractivity contribution in [3.8, 4) is 0 Å². The highest BCUT2D eigenvalue weighted by atomic mass is 35.5. The van der Waals surface area contributed by atoms with Gasteiger partial charge in [-0.15, -0.1) is 5.43 Å². The molecule has 0 spiro atoms. The molecule has 0 aliphatic carbocycles. The Hall–Kier alpha value is -1.29. The average Bonchev–Trinajstić information content (AvgIpc) is 2.37. The third-order valence-corrected chi connectivity index (χ3v) is 3.51. The molecule has 0 radical (unpaired) electrons. The van der Waals surface area contributed by atoms with E-state index in [9.17, 15) is 4.79 Å². The number of hydrogen-bond acceptors (Lipinski definition) is 1. The Morgan fingerprint density at radius 2 is 1.65 bits per heavy atom. The molecule has 0 saturated carbocycles. The second-order valence-electron chi connectivity index (χ2n) is 4.21. The van der Waals surface area contributed by atoms with Gasteiger partial charge in [0, 0.05) is 31.5 Å². The molecule has 1 aromatic heterocycles. The van der Waals surface area contributed by atoms with Crippen LogP contribution in [0.25, 0.3) is 0 Å². The molecular formula is C14H13Cl3N2O. The third kappa shape index (κ3) is 3.63. The summed E-state index contributed by atoms with van der Waals surface area (Å²) in [4.78, 5) is 12.1. The lowest BCUT2D eigenvalue weighted by Crippen LogP contribution is -3.00. The summed E-state index contributed by atoms with van der Waals surface area (Å²) in [5.41, 5.74) is 5.16. The molecule has 0 atom stereocenters. The number of carbonyl (C=O) groups is 1. The van der Waals surface area contributed by atoms with Gasteiger partial charge in [-0.1, -0.05) is 27.9 Å². The summed E-state index contributed by atoms with van der Waals surface area (Å²) in [6.45, 7) is 3.84. The van der Waals surface area contributed by atoms with Crippen molar-refractivity contribution in [3.63, 3.8) is 0 Å². The maximum absolute atomic E-state index is 12.1. The van der Waals surface area contributed by atoms with Crippen molar-refractivity contribution in [1.82, 2.24) is 0 Å². The van der Waals surface area contributed by atoms with Crippen molar-refractivity contribution >= 4 is 29.1 Å². The van der Waals surface area contributed by atoms with Crippen LogP contribution in [-0.4, -0.2) is 5.91 Å². The fourth-order valence-electron chi connectivity index (χ4n) is 1.73. The highest BCUT2D eigenvalue weighted by Gasteiger charge is 2.16. The van der Waals surface area contributed by atoms with E-state index in [1.165, 1.54) is 0 Å². The van der Waals surface area contributed by atoms with E-state index in [1.807, 2.05) is 32.0 Å². The van der Waals surface area contributed by atoms with E-state index in [4.69, 9.17) is 23.2 Å². The van der Waals surface area contributed by atoms with Crippen LogP contribution in [0.15, 0.2) is 36.4 Å². The topological polar surface area (TPSA) is 33.0 Å². The predicted octanol–water partition coefficient (Wildman–Crippen LogP) is 0.286. The molecule has 6 heteroatoms. The number of nitrogens with zero attached hydrogens (tertiary/aromatic N) is 1. The Bertz CT molecular complexity index is 624. The lowest BCUT2D eigenvalue weighted by molar-refractivity contribution is -0.654. The third-order valence-electron chi connectivity index (χ3n) is 2.78. The van der Waals surface area contributed by atoms with Crippen LogP contribution < -0.4 is 22.5 Å². The second-order valence-corrected chi connectivity index (χ2v) is 5.03. The highest BCUT2D eigenvalue weighted by Crippen LogP contribution is 2.22. The van der Waals surface area contributed by atoms with Gasteiger partial charge in [0.05, 0.1) is 10.0 Å². The van der Waals surface area contributed by atoms with Gasteiger partial charge >= 0.3 is 5.91 Å². The molecule has 2 rings (SSSR count). The number of aromatic nitrogens is 1. The molecule has 0 bridgehead atoms. The first kappa shape index (κ1) is 16.8. The quantitative estimate of drug-likeness (QED) is 0.788. The lowest BCUT2D eigenvalue weighted by atomic mass is 10.2. The normalized spacial score (nSPS) is 9.80. The van der Waals surface area contributed by atoms with Gasteiger partial charge in [-0.3, -0.25) is 4.79 Å². The number of carbonyl (C=O) groups excluding carboxylic acids is 1. The SMILES string of the molecule is Cc1cccc(C)[n+]1NC(=O)c1ccc(Cl)c(Cl)c1.[Cl-]. The molecule has 3 nitrogen and oxygen atoms in total. The molecule has 0 saturated heterocycles. The standard InChI is InChI=1S/C14H12Cl2N2O.ClH/c1-9-4-3-5-10(2)18(9)17-14(19)11-6-7-12(15)13(16)8-11;/h3-8H,1-2H3;1H. The zero-order chi connectivity index (χ0) is 14.0. The number of rotatable bonds is 2. The Morgan fingerprint density at radius 3 is 2.20 bits per heavy atom. The fourth-order valence-corrected chi connectivity index (χ4v) is 2.03. The number of nitrogens with one attached hydrogen (secondary N) is 1. The number of halogens is 3. The molecule has 20 heavy (non-hydrogen) atoms. The summed E-state index contributed by atoms with van der Waals surface area (Å²) in [5, 5.41) is 0.791. The Balaban J connectivity index is 0.00000200. The molecule has 1 heterocycles. The average molecular weight is 332 g/mol. The second kappa shape index (κ2) is 6.93. The first-order chi connectivity index (χ1) is 8.99. The predicted molar refractivity (Wildman–Crippen MR) is 76.3 cm³/mol. The first-order valence-electron chi connectivity index (χ1n) is 5.73. The van der Waals surface area contributed by atoms with E-state index in [1.54, 1.807) is 22.9 Å². The number of pyridine rings is 1. The van der Waals surface area contributed by atoms with Crippen molar-refractivity contribution in [3.05, 3.63) is 63.4 Å². The Labute approximate surface area is 133 Å². The summed E-state index contributed by atoms with van der Waals surface area (Å²) >= 11 is 11.7. The van der Waals surface area contributed by atoms with E-state index in [0.717, 1.165) is 11.4 Å². The highest BCUT2D eigenvalue weighted by molar-refractivity contribution is 6.42. The van der Waals surface area contributed by atoms with Crippen LogP contribution in [0, 0.1) is 13.8 Å². The summed E-state index contributed by atoms with van der Waals surface area (Å²) in [7, 11) is 0. The molecule has 2 aromatic rings. The molecule has 0 aliphatic heterocycles.